The Kier molecular flexibility index (Phi) is 4.06. The SMILES string of the molecule is C=CC/C(=C1\NC(=O)c2ccccc21)c1ccc(Cl)c(Cl)c1. The van der Waals surface area contributed by atoms with Crippen LogP contribution in [-0.4, -0.2) is 5.91 Å². The smallest absolute Gasteiger partial charge is 0.256 e. The van der Waals surface area contributed by atoms with Crippen LogP contribution in [0.2, 0.25) is 10.0 Å². The number of nitrogens with one attached hydrogen (secondary N) is 1. The first-order valence-corrected chi connectivity index (χ1v) is 7.57. The van der Waals surface area contributed by atoms with E-state index in [1.54, 1.807) is 12.1 Å². The van der Waals surface area contributed by atoms with Gasteiger partial charge in [-0.2, -0.15) is 0 Å². The van der Waals surface area contributed by atoms with E-state index in [9.17, 15) is 4.79 Å². The molecule has 0 bridgehead atoms. The third-order valence-corrected chi connectivity index (χ3v) is 4.34. The number of hydrogen-bond acceptors (Lipinski definition) is 1. The van der Waals surface area contributed by atoms with Gasteiger partial charge in [-0.3, -0.25) is 4.79 Å². The van der Waals surface area contributed by atoms with Gasteiger partial charge in [-0.15, -0.1) is 6.58 Å². The fourth-order valence-corrected chi connectivity index (χ4v) is 2.88. The van der Waals surface area contributed by atoms with Crippen LogP contribution in [0.4, 0.5) is 0 Å². The molecule has 0 fully saturated rings. The zero-order valence-electron chi connectivity index (χ0n) is 11.7. The van der Waals surface area contributed by atoms with E-state index in [1.807, 2.05) is 36.4 Å². The summed E-state index contributed by atoms with van der Waals surface area (Å²) in [5.41, 5.74) is 4.27. The van der Waals surface area contributed by atoms with E-state index in [0.29, 0.717) is 22.0 Å². The topological polar surface area (TPSA) is 29.1 Å². The second kappa shape index (κ2) is 5.99. The Hall–Kier alpha value is -2.03. The zero-order chi connectivity index (χ0) is 15.7. The van der Waals surface area contributed by atoms with Gasteiger partial charge in [-0.05, 0) is 35.8 Å². The molecule has 0 aromatic heterocycles. The number of fused-ring (bicyclic) bond motifs is 1. The highest BCUT2D eigenvalue weighted by atomic mass is 35.5. The van der Waals surface area contributed by atoms with Crippen LogP contribution in [-0.2, 0) is 0 Å². The normalized spacial score (nSPS) is 15.3. The van der Waals surface area contributed by atoms with Gasteiger partial charge in [0.25, 0.3) is 5.91 Å². The summed E-state index contributed by atoms with van der Waals surface area (Å²) in [6.45, 7) is 3.81. The minimum Gasteiger partial charge on any atom is -0.321 e. The molecule has 2 nitrogen and oxygen atoms in total. The van der Waals surface area contributed by atoms with Crippen molar-refractivity contribution in [2.45, 2.75) is 6.42 Å². The van der Waals surface area contributed by atoms with Gasteiger partial charge in [0.05, 0.1) is 15.7 Å². The summed E-state index contributed by atoms with van der Waals surface area (Å²) in [5.74, 6) is -0.0905. The van der Waals surface area contributed by atoms with Crippen LogP contribution >= 0.6 is 23.2 Å². The predicted octanol–water partition coefficient (Wildman–Crippen LogP) is 5.18. The highest BCUT2D eigenvalue weighted by molar-refractivity contribution is 6.42. The first kappa shape index (κ1) is 14.9. The number of carbonyl (C=O) groups excluding carboxylic acids is 1. The van der Waals surface area contributed by atoms with Gasteiger partial charge < -0.3 is 5.32 Å². The van der Waals surface area contributed by atoms with E-state index < -0.39 is 0 Å². The molecule has 0 spiro atoms. The molecule has 0 atom stereocenters. The Morgan fingerprint density at radius 2 is 1.82 bits per heavy atom. The van der Waals surface area contributed by atoms with E-state index in [4.69, 9.17) is 23.2 Å². The quantitative estimate of drug-likeness (QED) is 0.772. The fourth-order valence-electron chi connectivity index (χ4n) is 2.58. The lowest BCUT2D eigenvalue weighted by Crippen LogP contribution is -2.13. The van der Waals surface area contributed by atoms with Gasteiger partial charge in [-0.25, -0.2) is 0 Å². The maximum atomic E-state index is 12.1. The molecule has 0 saturated carbocycles. The van der Waals surface area contributed by atoms with E-state index in [0.717, 1.165) is 22.4 Å². The summed E-state index contributed by atoms with van der Waals surface area (Å²) in [4.78, 5) is 12.1. The first-order chi connectivity index (χ1) is 10.6. The zero-order valence-corrected chi connectivity index (χ0v) is 13.2. The molecular weight excluding hydrogens is 317 g/mol. The Balaban J connectivity index is 2.21. The molecule has 1 amide bonds. The van der Waals surface area contributed by atoms with Gasteiger partial charge in [-0.1, -0.05) is 53.5 Å². The van der Waals surface area contributed by atoms with Gasteiger partial charge >= 0.3 is 0 Å². The van der Waals surface area contributed by atoms with Crippen molar-refractivity contribution in [3.8, 4) is 0 Å². The van der Waals surface area contributed by atoms with Crippen molar-refractivity contribution in [1.29, 1.82) is 0 Å². The van der Waals surface area contributed by atoms with Crippen LogP contribution in [0, 0.1) is 0 Å². The van der Waals surface area contributed by atoms with Crippen molar-refractivity contribution in [2.24, 2.45) is 0 Å². The van der Waals surface area contributed by atoms with E-state index >= 15 is 0 Å². The number of carbonyl (C=O) groups is 1. The number of allylic oxidation sites excluding steroid dienone is 2. The molecule has 0 saturated heterocycles. The van der Waals surface area contributed by atoms with Crippen LogP contribution in [0.15, 0.2) is 55.1 Å². The molecule has 1 aliphatic rings. The lowest BCUT2D eigenvalue weighted by Gasteiger charge is -2.12. The second-order valence-corrected chi connectivity index (χ2v) is 5.79. The summed E-state index contributed by atoms with van der Waals surface area (Å²) >= 11 is 12.1. The number of benzene rings is 2. The molecule has 4 heteroatoms. The average molecular weight is 330 g/mol. The largest absolute Gasteiger partial charge is 0.321 e. The standard InChI is InChI=1S/C18H13Cl2NO/c1-2-5-12(11-8-9-15(19)16(20)10-11)17-13-6-3-4-7-14(13)18(22)21-17/h2-4,6-10H,1,5H2,(H,21,22)/b17-12+. The van der Waals surface area contributed by atoms with E-state index in [1.165, 1.54) is 0 Å². The Bertz CT molecular complexity index is 808. The monoisotopic (exact) mass is 329 g/mol. The van der Waals surface area contributed by atoms with Crippen molar-refractivity contribution in [1.82, 2.24) is 5.32 Å². The van der Waals surface area contributed by atoms with Crippen molar-refractivity contribution < 1.29 is 4.79 Å². The maximum absolute atomic E-state index is 12.1. The summed E-state index contributed by atoms with van der Waals surface area (Å²) in [6, 6.07) is 13.0. The molecule has 110 valence electrons. The predicted molar refractivity (Wildman–Crippen MR) is 92.0 cm³/mol. The Labute approximate surface area is 139 Å². The molecule has 2 aromatic rings. The van der Waals surface area contributed by atoms with Crippen LogP contribution < -0.4 is 5.32 Å². The van der Waals surface area contributed by atoms with Crippen molar-refractivity contribution in [3.63, 3.8) is 0 Å². The molecule has 2 aromatic carbocycles. The van der Waals surface area contributed by atoms with Crippen LogP contribution in [0.1, 0.15) is 27.9 Å². The third kappa shape index (κ3) is 2.56. The molecule has 1 N–H and O–H groups in total. The molecule has 0 aliphatic carbocycles. The van der Waals surface area contributed by atoms with Crippen molar-refractivity contribution in [2.75, 3.05) is 0 Å². The minimum atomic E-state index is -0.0905. The maximum Gasteiger partial charge on any atom is 0.256 e. The molecule has 1 aliphatic heterocycles. The molecule has 1 heterocycles. The molecule has 0 unspecified atom stereocenters. The summed E-state index contributed by atoms with van der Waals surface area (Å²) in [5, 5.41) is 3.94. The molecule has 22 heavy (non-hydrogen) atoms. The molecule has 3 rings (SSSR count). The van der Waals surface area contributed by atoms with E-state index in [-0.39, 0.29) is 5.91 Å². The van der Waals surface area contributed by atoms with Gasteiger partial charge in [0.1, 0.15) is 0 Å². The van der Waals surface area contributed by atoms with Gasteiger partial charge in [0.15, 0.2) is 0 Å². The third-order valence-electron chi connectivity index (χ3n) is 3.60. The highest BCUT2D eigenvalue weighted by Crippen LogP contribution is 2.35. The summed E-state index contributed by atoms with van der Waals surface area (Å²) in [7, 11) is 0. The number of hydrogen-bond donors (Lipinski definition) is 1. The number of rotatable bonds is 3. The lowest BCUT2D eigenvalue weighted by atomic mass is 9.96. The fraction of sp³-hybridized carbons (Fsp3) is 0.0556. The van der Waals surface area contributed by atoms with Crippen LogP contribution in [0.25, 0.3) is 11.3 Å². The highest BCUT2D eigenvalue weighted by Gasteiger charge is 2.25. The first-order valence-electron chi connectivity index (χ1n) is 6.82. The average Bonchev–Trinajstić information content (AvgIpc) is 2.85. The molecule has 0 radical (unpaired) electrons. The molecular formula is C18H13Cl2NO. The Morgan fingerprint density at radius 1 is 1.09 bits per heavy atom. The summed E-state index contributed by atoms with van der Waals surface area (Å²) in [6.07, 6.45) is 2.42. The van der Waals surface area contributed by atoms with E-state index in [2.05, 4.69) is 11.9 Å². The number of amides is 1. The minimum absolute atomic E-state index is 0.0905. The van der Waals surface area contributed by atoms with Crippen LogP contribution in [0.3, 0.4) is 0 Å². The summed E-state index contributed by atoms with van der Waals surface area (Å²) < 4.78 is 0. The van der Waals surface area contributed by atoms with Crippen molar-refractivity contribution in [3.05, 3.63) is 81.9 Å². The number of halogens is 2. The van der Waals surface area contributed by atoms with Crippen LogP contribution in [0.5, 0.6) is 0 Å². The van der Waals surface area contributed by atoms with Gasteiger partial charge in [0, 0.05) is 11.1 Å². The van der Waals surface area contributed by atoms with Crippen molar-refractivity contribution >= 4 is 40.4 Å². The van der Waals surface area contributed by atoms with Gasteiger partial charge in [0.2, 0.25) is 0 Å². The Morgan fingerprint density at radius 3 is 2.50 bits per heavy atom. The lowest BCUT2D eigenvalue weighted by molar-refractivity contribution is 0.0981. The second-order valence-electron chi connectivity index (χ2n) is 4.97.